The average Bonchev–Trinajstić information content (AvgIpc) is 2.36. The second-order valence-electron chi connectivity index (χ2n) is 2.05. The Morgan fingerprint density at radius 3 is 2.92 bits per heavy atom. The number of hydrogen-bond acceptors (Lipinski definition) is 5. The molecule has 0 spiro atoms. The maximum Gasteiger partial charge on any atom is 0.312 e. The molecule has 0 aliphatic heterocycles. The minimum atomic E-state index is -0.582. The third-order valence-electron chi connectivity index (χ3n) is 1.18. The SMILES string of the molecule is NC(=O)NCCn1nnnc1N. The van der Waals surface area contributed by atoms with Crippen LogP contribution in [0, 0.1) is 0 Å². The van der Waals surface area contributed by atoms with Crippen molar-refractivity contribution in [3.63, 3.8) is 0 Å². The highest BCUT2D eigenvalue weighted by Gasteiger charge is 1.99. The predicted octanol–water partition coefficient (Wildman–Crippen LogP) is -2.08. The van der Waals surface area contributed by atoms with Crippen LogP contribution in [0.2, 0.25) is 0 Å². The van der Waals surface area contributed by atoms with Gasteiger partial charge in [-0.15, -0.1) is 0 Å². The van der Waals surface area contributed by atoms with Gasteiger partial charge in [0.15, 0.2) is 0 Å². The Labute approximate surface area is 67.9 Å². The van der Waals surface area contributed by atoms with E-state index in [9.17, 15) is 4.79 Å². The lowest BCUT2D eigenvalue weighted by atomic mass is 10.6. The molecule has 1 rings (SSSR count). The minimum absolute atomic E-state index is 0.210. The van der Waals surface area contributed by atoms with Gasteiger partial charge in [0.25, 0.3) is 0 Å². The number of primary amides is 1. The monoisotopic (exact) mass is 171 g/mol. The Morgan fingerprint density at radius 1 is 1.67 bits per heavy atom. The topological polar surface area (TPSA) is 125 Å². The normalized spacial score (nSPS) is 9.67. The molecule has 66 valence electrons. The molecule has 0 bridgehead atoms. The minimum Gasteiger partial charge on any atom is -0.367 e. The Morgan fingerprint density at radius 2 is 2.42 bits per heavy atom. The number of nitrogens with two attached hydrogens (primary N) is 2. The zero-order valence-corrected chi connectivity index (χ0v) is 6.27. The largest absolute Gasteiger partial charge is 0.367 e. The summed E-state index contributed by atoms with van der Waals surface area (Å²) in [7, 11) is 0. The molecule has 0 aliphatic rings. The first-order chi connectivity index (χ1) is 5.70. The summed E-state index contributed by atoms with van der Waals surface area (Å²) in [6.45, 7) is 0.756. The number of nitrogen functional groups attached to an aromatic ring is 1. The summed E-state index contributed by atoms with van der Waals surface area (Å²) in [5.74, 6) is 0.210. The average molecular weight is 171 g/mol. The van der Waals surface area contributed by atoms with Crippen LogP contribution in [0.1, 0.15) is 0 Å². The molecular formula is C4H9N7O. The second kappa shape index (κ2) is 3.51. The maximum absolute atomic E-state index is 10.2. The highest BCUT2D eigenvalue weighted by molar-refractivity contribution is 5.71. The maximum atomic E-state index is 10.2. The van der Waals surface area contributed by atoms with Crippen LogP contribution >= 0.6 is 0 Å². The van der Waals surface area contributed by atoms with Gasteiger partial charge in [0.2, 0.25) is 5.95 Å². The third kappa shape index (κ3) is 2.08. The summed E-state index contributed by atoms with van der Waals surface area (Å²) in [5, 5.41) is 12.7. The van der Waals surface area contributed by atoms with Crippen molar-refractivity contribution in [2.24, 2.45) is 5.73 Å². The van der Waals surface area contributed by atoms with Crippen LogP contribution in [0.15, 0.2) is 0 Å². The predicted molar refractivity (Wildman–Crippen MR) is 39.8 cm³/mol. The summed E-state index contributed by atoms with van der Waals surface area (Å²) in [5.41, 5.74) is 10.2. The number of nitrogens with one attached hydrogen (secondary N) is 1. The lowest BCUT2D eigenvalue weighted by Crippen LogP contribution is -2.32. The highest BCUT2D eigenvalue weighted by Crippen LogP contribution is 1.89. The van der Waals surface area contributed by atoms with Gasteiger partial charge in [0.05, 0.1) is 6.54 Å². The first kappa shape index (κ1) is 8.24. The molecule has 0 aliphatic carbocycles. The molecule has 1 heterocycles. The number of aromatic nitrogens is 4. The number of urea groups is 1. The van der Waals surface area contributed by atoms with Gasteiger partial charge in [-0.3, -0.25) is 0 Å². The van der Waals surface area contributed by atoms with E-state index in [-0.39, 0.29) is 5.95 Å². The number of nitrogens with zero attached hydrogens (tertiary/aromatic N) is 4. The second-order valence-corrected chi connectivity index (χ2v) is 2.05. The van der Waals surface area contributed by atoms with E-state index in [0.717, 1.165) is 0 Å². The quantitative estimate of drug-likeness (QED) is 0.481. The number of hydrogen-bond donors (Lipinski definition) is 3. The van der Waals surface area contributed by atoms with Crippen LogP contribution < -0.4 is 16.8 Å². The number of amides is 2. The standard InChI is InChI=1S/C4H9N7O/c5-3-8-9-10-11(3)2-1-7-4(6)12/h1-2H2,(H2,5,8,10)(H3,6,7,12). The molecule has 0 saturated heterocycles. The molecule has 1 aromatic rings. The Kier molecular flexibility index (Phi) is 2.41. The Hall–Kier alpha value is -1.86. The van der Waals surface area contributed by atoms with Crippen LogP contribution in [0.25, 0.3) is 0 Å². The van der Waals surface area contributed by atoms with Crippen LogP contribution in [-0.2, 0) is 6.54 Å². The molecule has 0 radical (unpaired) electrons. The fourth-order valence-electron chi connectivity index (χ4n) is 0.656. The van der Waals surface area contributed by atoms with Crippen molar-refractivity contribution in [2.45, 2.75) is 6.54 Å². The molecule has 0 aromatic carbocycles. The number of carbonyl (C=O) groups excluding carboxylic acids is 1. The Balaban J connectivity index is 2.33. The van der Waals surface area contributed by atoms with Gasteiger partial charge in [-0.1, -0.05) is 5.10 Å². The lowest BCUT2D eigenvalue weighted by Gasteiger charge is -2.00. The molecular weight excluding hydrogens is 162 g/mol. The molecule has 1 aromatic heterocycles. The van der Waals surface area contributed by atoms with E-state index in [1.807, 2.05) is 0 Å². The van der Waals surface area contributed by atoms with Crippen molar-refractivity contribution in [1.82, 2.24) is 25.5 Å². The number of rotatable bonds is 3. The lowest BCUT2D eigenvalue weighted by molar-refractivity contribution is 0.248. The molecule has 8 nitrogen and oxygen atoms in total. The van der Waals surface area contributed by atoms with Crippen molar-refractivity contribution in [3.05, 3.63) is 0 Å². The number of anilines is 1. The summed E-state index contributed by atoms with van der Waals surface area (Å²) in [4.78, 5) is 10.2. The van der Waals surface area contributed by atoms with Crippen LogP contribution in [0.3, 0.4) is 0 Å². The summed E-state index contributed by atoms with van der Waals surface area (Å²) < 4.78 is 1.36. The summed E-state index contributed by atoms with van der Waals surface area (Å²) in [6.07, 6.45) is 0. The number of tetrazole rings is 1. The van der Waals surface area contributed by atoms with Gasteiger partial charge < -0.3 is 16.8 Å². The number of carbonyl (C=O) groups is 1. The van der Waals surface area contributed by atoms with Gasteiger partial charge in [-0.2, -0.15) is 0 Å². The summed E-state index contributed by atoms with van der Waals surface area (Å²) in [6, 6.07) is -0.582. The Bertz CT molecular complexity index is 268. The van der Waals surface area contributed by atoms with E-state index in [1.54, 1.807) is 0 Å². The summed E-state index contributed by atoms with van der Waals surface area (Å²) >= 11 is 0. The first-order valence-corrected chi connectivity index (χ1v) is 3.25. The van der Waals surface area contributed by atoms with E-state index >= 15 is 0 Å². The van der Waals surface area contributed by atoms with Crippen LogP contribution in [0.5, 0.6) is 0 Å². The first-order valence-electron chi connectivity index (χ1n) is 3.25. The molecule has 0 unspecified atom stereocenters. The van der Waals surface area contributed by atoms with E-state index in [1.165, 1.54) is 4.68 Å². The van der Waals surface area contributed by atoms with Crippen molar-refractivity contribution in [1.29, 1.82) is 0 Å². The van der Waals surface area contributed by atoms with Crippen molar-refractivity contribution in [3.8, 4) is 0 Å². The van der Waals surface area contributed by atoms with Crippen molar-refractivity contribution in [2.75, 3.05) is 12.3 Å². The van der Waals surface area contributed by atoms with Gasteiger partial charge >= 0.3 is 6.03 Å². The van der Waals surface area contributed by atoms with E-state index in [0.29, 0.717) is 13.1 Å². The molecule has 2 amide bonds. The molecule has 12 heavy (non-hydrogen) atoms. The smallest absolute Gasteiger partial charge is 0.312 e. The zero-order chi connectivity index (χ0) is 8.97. The van der Waals surface area contributed by atoms with E-state index in [4.69, 9.17) is 11.5 Å². The van der Waals surface area contributed by atoms with E-state index in [2.05, 4.69) is 20.8 Å². The fourth-order valence-corrected chi connectivity index (χ4v) is 0.656. The highest BCUT2D eigenvalue weighted by atomic mass is 16.2. The molecule has 0 atom stereocenters. The van der Waals surface area contributed by atoms with Crippen LogP contribution in [-0.4, -0.2) is 32.8 Å². The van der Waals surface area contributed by atoms with Gasteiger partial charge in [-0.05, 0) is 10.4 Å². The third-order valence-corrected chi connectivity index (χ3v) is 1.18. The van der Waals surface area contributed by atoms with Gasteiger partial charge in [-0.25, -0.2) is 9.48 Å². The molecule has 0 fully saturated rings. The molecule has 8 heteroatoms. The molecule has 0 saturated carbocycles. The van der Waals surface area contributed by atoms with Gasteiger partial charge in [0.1, 0.15) is 0 Å². The van der Waals surface area contributed by atoms with Crippen molar-refractivity contribution >= 4 is 12.0 Å². The van der Waals surface area contributed by atoms with Gasteiger partial charge in [0, 0.05) is 6.54 Å². The van der Waals surface area contributed by atoms with Crippen LogP contribution in [0.4, 0.5) is 10.7 Å². The van der Waals surface area contributed by atoms with Crippen molar-refractivity contribution < 1.29 is 4.79 Å². The molecule has 5 N–H and O–H groups in total. The zero-order valence-electron chi connectivity index (χ0n) is 6.27. The fraction of sp³-hybridized carbons (Fsp3) is 0.500. The van der Waals surface area contributed by atoms with E-state index < -0.39 is 6.03 Å².